The van der Waals surface area contributed by atoms with Crippen LogP contribution < -0.4 is 10.0 Å². The molecule has 17 heavy (non-hydrogen) atoms. The Kier molecular flexibility index (Phi) is 5.39. The summed E-state index contributed by atoms with van der Waals surface area (Å²) in [6, 6.07) is 4.94. The molecule has 0 aliphatic heterocycles. The van der Waals surface area contributed by atoms with E-state index in [1.54, 1.807) is 18.2 Å². The molecule has 0 spiro atoms. The average molecular weight is 277 g/mol. The van der Waals surface area contributed by atoms with Crippen molar-refractivity contribution in [2.75, 3.05) is 19.6 Å². The van der Waals surface area contributed by atoms with E-state index in [1.807, 2.05) is 13.8 Å². The summed E-state index contributed by atoms with van der Waals surface area (Å²) in [7, 11) is -3.52. The molecule has 0 amide bonds. The van der Waals surface area contributed by atoms with Crippen LogP contribution in [0.3, 0.4) is 0 Å². The molecule has 0 saturated heterocycles. The van der Waals surface area contributed by atoms with Crippen LogP contribution >= 0.6 is 11.6 Å². The Morgan fingerprint density at radius 1 is 1.29 bits per heavy atom. The van der Waals surface area contributed by atoms with E-state index >= 15 is 0 Å². The second-order valence-corrected chi connectivity index (χ2v) is 5.83. The molecule has 1 aromatic rings. The molecular formula is C11H17ClN2O2S. The fraction of sp³-hybridized carbons (Fsp3) is 0.455. The molecule has 6 heteroatoms. The topological polar surface area (TPSA) is 58.2 Å². The number of halogens is 1. The summed E-state index contributed by atoms with van der Waals surface area (Å²) < 4.78 is 26.4. The number of sulfonamides is 1. The number of rotatable bonds is 6. The molecule has 0 heterocycles. The van der Waals surface area contributed by atoms with Crippen molar-refractivity contribution in [3.8, 4) is 0 Å². The smallest absolute Gasteiger partial charge is 0.242 e. The second-order valence-electron chi connectivity index (χ2n) is 3.69. The van der Waals surface area contributed by atoms with Gasteiger partial charge in [0.25, 0.3) is 0 Å². The van der Waals surface area contributed by atoms with Gasteiger partial charge in [-0.05, 0) is 31.2 Å². The first kappa shape index (κ1) is 14.4. The van der Waals surface area contributed by atoms with Crippen LogP contribution in [0.5, 0.6) is 0 Å². The zero-order chi connectivity index (χ0) is 12.9. The molecule has 0 aliphatic carbocycles. The lowest BCUT2D eigenvalue weighted by Crippen LogP contribution is -2.31. The molecule has 0 saturated carbocycles. The first-order valence-corrected chi connectivity index (χ1v) is 7.30. The zero-order valence-corrected chi connectivity index (χ0v) is 11.5. The fourth-order valence-corrected chi connectivity index (χ4v) is 2.96. The number of nitrogens with one attached hydrogen (secondary N) is 2. The molecule has 0 fully saturated rings. The third-order valence-electron chi connectivity index (χ3n) is 2.22. The van der Waals surface area contributed by atoms with Gasteiger partial charge in [-0.25, -0.2) is 13.1 Å². The molecule has 4 nitrogen and oxygen atoms in total. The molecular weight excluding hydrogens is 260 g/mol. The largest absolute Gasteiger partial charge is 0.316 e. The van der Waals surface area contributed by atoms with Gasteiger partial charge < -0.3 is 5.32 Å². The van der Waals surface area contributed by atoms with Gasteiger partial charge >= 0.3 is 0 Å². The fourth-order valence-electron chi connectivity index (χ4n) is 1.34. The number of hydrogen-bond acceptors (Lipinski definition) is 3. The summed E-state index contributed by atoms with van der Waals surface area (Å²) in [4.78, 5) is 0.135. The van der Waals surface area contributed by atoms with Crippen molar-refractivity contribution in [3.63, 3.8) is 0 Å². The summed E-state index contributed by atoms with van der Waals surface area (Å²) in [6.45, 7) is 5.55. The van der Waals surface area contributed by atoms with E-state index in [1.165, 1.54) is 0 Å². The van der Waals surface area contributed by atoms with Gasteiger partial charge in [0.1, 0.15) is 4.90 Å². The standard InChI is InChI=1S/C11H17ClN2O2S/c1-3-13-6-7-14-17(15,16)11-8-9(2)4-5-10(11)12/h4-5,8,13-14H,3,6-7H2,1-2H3. The monoisotopic (exact) mass is 276 g/mol. The first-order valence-electron chi connectivity index (χ1n) is 5.44. The first-order chi connectivity index (χ1) is 7.97. The van der Waals surface area contributed by atoms with Gasteiger partial charge in [0.2, 0.25) is 10.0 Å². The summed E-state index contributed by atoms with van der Waals surface area (Å²) in [5.41, 5.74) is 0.862. The summed E-state index contributed by atoms with van der Waals surface area (Å²) in [6.07, 6.45) is 0. The normalized spacial score (nSPS) is 11.7. The van der Waals surface area contributed by atoms with E-state index in [9.17, 15) is 8.42 Å². The van der Waals surface area contributed by atoms with E-state index in [-0.39, 0.29) is 9.92 Å². The molecule has 1 rings (SSSR count). The average Bonchev–Trinajstić information content (AvgIpc) is 2.28. The Morgan fingerprint density at radius 2 is 2.00 bits per heavy atom. The van der Waals surface area contributed by atoms with Crippen LogP contribution in [0, 0.1) is 6.92 Å². The van der Waals surface area contributed by atoms with E-state index in [0.717, 1.165) is 12.1 Å². The Hall–Kier alpha value is -0.620. The third-order valence-corrected chi connectivity index (χ3v) is 4.16. The molecule has 0 aliphatic rings. The number of likely N-dealkylation sites (N-methyl/N-ethyl adjacent to an activating group) is 1. The number of aryl methyl sites for hydroxylation is 1. The Bertz CT molecular complexity index is 474. The Labute approximate surface area is 107 Å². The molecule has 2 N–H and O–H groups in total. The highest BCUT2D eigenvalue weighted by atomic mass is 35.5. The number of hydrogen-bond donors (Lipinski definition) is 2. The van der Waals surface area contributed by atoms with Crippen molar-refractivity contribution in [3.05, 3.63) is 28.8 Å². The van der Waals surface area contributed by atoms with Crippen LogP contribution in [0.2, 0.25) is 5.02 Å². The minimum absolute atomic E-state index is 0.135. The molecule has 1 aromatic carbocycles. The molecule has 96 valence electrons. The van der Waals surface area contributed by atoms with Gasteiger partial charge in [-0.15, -0.1) is 0 Å². The van der Waals surface area contributed by atoms with E-state index in [4.69, 9.17) is 11.6 Å². The van der Waals surface area contributed by atoms with Crippen LogP contribution in [0.4, 0.5) is 0 Å². The lowest BCUT2D eigenvalue weighted by atomic mass is 10.2. The SMILES string of the molecule is CCNCCNS(=O)(=O)c1cc(C)ccc1Cl. The van der Waals surface area contributed by atoms with Gasteiger partial charge in [-0.2, -0.15) is 0 Å². The maximum Gasteiger partial charge on any atom is 0.242 e. The van der Waals surface area contributed by atoms with Crippen LogP contribution in [0.1, 0.15) is 12.5 Å². The minimum atomic E-state index is -3.52. The van der Waals surface area contributed by atoms with Gasteiger partial charge in [-0.1, -0.05) is 24.6 Å². The van der Waals surface area contributed by atoms with Gasteiger partial charge in [0, 0.05) is 13.1 Å². The molecule has 0 bridgehead atoms. The van der Waals surface area contributed by atoms with Crippen molar-refractivity contribution < 1.29 is 8.42 Å². The van der Waals surface area contributed by atoms with Gasteiger partial charge in [0.15, 0.2) is 0 Å². The van der Waals surface area contributed by atoms with Crippen molar-refractivity contribution >= 4 is 21.6 Å². The predicted molar refractivity (Wildman–Crippen MR) is 69.9 cm³/mol. The third kappa shape index (κ3) is 4.27. The highest BCUT2D eigenvalue weighted by molar-refractivity contribution is 7.89. The van der Waals surface area contributed by atoms with Crippen LogP contribution in [0.15, 0.2) is 23.1 Å². The highest BCUT2D eigenvalue weighted by Gasteiger charge is 2.17. The lowest BCUT2D eigenvalue weighted by molar-refractivity contribution is 0.577. The van der Waals surface area contributed by atoms with Gasteiger partial charge in [0.05, 0.1) is 5.02 Å². The Morgan fingerprint density at radius 3 is 2.65 bits per heavy atom. The van der Waals surface area contributed by atoms with Crippen LogP contribution in [-0.2, 0) is 10.0 Å². The minimum Gasteiger partial charge on any atom is -0.316 e. The van der Waals surface area contributed by atoms with E-state index in [2.05, 4.69) is 10.0 Å². The summed E-state index contributed by atoms with van der Waals surface area (Å²) >= 11 is 5.89. The van der Waals surface area contributed by atoms with Crippen molar-refractivity contribution in [2.24, 2.45) is 0 Å². The quantitative estimate of drug-likeness (QED) is 0.775. The van der Waals surface area contributed by atoms with Crippen molar-refractivity contribution in [1.82, 2.24) is 10.0 Å². The summed E-state index contributed by atoms with van der Waals surface area (Å²) in [5.74, 6) is 0. The lowest BCUT2D eigenvalue weighted by Gasteiger charge is -2.09. The highest BCUT2D eigenvalue weighted by Crippen LogP contribution is 2.21. The van der Waals surface area contributed by atoms with Gasteiger partial charge in [-0.3, -0.25) is 0 Å². The maximum absolute atomic E-state index is 11.9. The van der Waals surface area contributed by atoms with Crippen LogP contribution in [0.25, 0.3) is 0 Å². The molecule has 0 radical (unpaired) electrons. The predicted octanol–water partition coefficient (Wildman–Crippen LogP) is 1.54. The van der Waals surface area contributed by atoms with E-state index in [0.29, 0.717) is 13.1 Å². The summed E-state index contributed by atoms with van der Waals surface area (Å²) in [5, 5.41) is 3.28. The molecule has 0 aromatic heterocycles. The van der Waals surface area contributed by atoms with Crippen molar-refractivity contribution in [2.45, 2.75) is 18.7 Å². The van der Waals surface area contributed by atoms with Crippen LogP contribution in [-0.4, -0.2) is 28.1 Å². The van der Waals surface area contributed by atoms with E-state index < -0.39 is 10.0 Å². The molecule has 0 atom stereocenters. The number of benzene rings is 1. The second kappa shape index (κ2) is 6.35. The van der Waals surface area contributed by atoms with Crippen molar-refractivity contribution in [1.29, 1.82) is 0 Å². The Balaban J connectivity index is 2.79. The molecule has 0 unspecified atom stereocenters. The zero-order valence-electron chi connectivity index (χ0n) is 9.96. The maximum atomic E-state index is 11.9.